The monoisotopic (exact) mass is 950 g/mol. The number of thiophene rings is 6. The van der Waals surface area contributed by atoms with Crippen LogP contribution in [0.15, 0.2) is 175 Å². The third kappa shape index (κ3) is 6.16. The molecule has 0 nitrogen and oxygen atoms in total. The van der Waals surface area contributed by atoms with Gasteiger partial charge in [0.25, 0.3) is 0 Å². The van der Waals surface area contributed by atoms with Crippen LogP contribution in [0.25, 0.3) is 134 Å². The van der Waals surface area contributed by atoms with Crippen LogP contribution in [0.4, 0.5) is 0 Å². The van der Waals surface area contributed by atoms with Gasteiger partial charge in [0.05, 0.1) is 9.40 Å². The predicted molar refractivity (Wildman–Crippen MR) is 301 cm³/mol. The normalized spacial score (nSPS) is 12.5. The van der Waals surface area contributed by atoms with Gasteiger partial charge in [-0.05, 0) is 125 Å². The Kier molecular flexibility index (Phi) is 8.78. The van der Waals surface area contributed by atoms with E-state index in [0.717, 1.165) is 0 Å². The van der Waals surface area contributed by atoms with Gasteiger partial charge in [-0.15, -0.1) is 68.0 Å². The molecule has 66 heavy (non-hydrogen) atoms. The summed E-state index contributed by atoms with van der Waals surface area (Å²) in [5, 5.41) is 22.2. The summed E-state index contributed by atoms with van der Waals surface area (Å²) in [5.41, 5.74) is 5.51. The third-order valence-corrected chi connectivity index (χ3v) is 20.3. The number of rotatable bonds is 3. The van der Waals surface area contributed by atoms with Crippen molar-refractivity contribution in [1.82, 2.24) is 0 Å². The number of benzene rings is 9. The summed E-state index contributed by atoms with van der Waals surface area (Å²) >= 11 is 11.3. The van der Waals surface area contributed by atoms with E-state index in [-0.39, 0.29) is 5.41 Å². The highest BCUT2D eigenvalue weighted by Crippen LogP contribution is 2.48. The molecule has 6 heteroatoms. The largest absolute Gasteiger partial charge is 0.143 e. The average Bonchev–Trinajstić information content (AvgIpc) is 4.20. The summed E-state index contributed by atoms with van der Waals surface area (Å²) in [7, 11) is 0. The van der Waals surface area contributed by atoms with E-state index < -0.39 is 0 Å². The maximum atomic E-state index is 2.39. The maximum Gasteiger partial charge on any atom is 0.0542 e. The molecular weight excluding hydrogens is 913 g/mol. The zero-order valence-corrected chi connectivity index (χ0v) is 41.1. The molecule has 15 rings (SSSR count). The standard InChI is InChI=1S/C34H24S2.C26H14S4/c1-34(2,3)26-16-22-6-4-20-14-25(15-21-5-7-23(17-26)31(22)30(20)21)29-18-24-9-11-27-28(33(24)36-29)10-8-19-12-13-35-32(19)27;1-3-7-21-16(5-1)19(14-27-21)23-12-11-20(28-23)15-9-10-18-24(13-15)30-25-17-6-2-4-8-22(17)29-26(18)25/h4-18H,1-3H3;1-14H. The van der Waals surface area contributed by atoms with Gasteiger partial charge in [0.2, 0.25) is 0 Å². The SMILES string of the molecule is CC(C)(C)c1cc2ccc3cc(-c4cc5ccc6c(ccc7ccsc76)c5s4)cc4ccc(c1)c2c34.c1ccc2c(-c3ccc(-c4ccc5c(c4)sc4c6ccccc6sc54)s3)csc2c1. The van der Waals surface area contributed by atoms with Crippen LogP contribution in [-0.4, -0.2) is 0 Å². The molecular formula is C60H38S6. The van der Waals surface area contributed by atoms with Gasteiger partial charge in [-0.1, -0.05) is 130 Å². The quantitative estimate of drug-likeness (QED) is 0.155. The summed E-state index contributed by atoms with van der Waals surface area (Å²) in [6.07, 6.45) is 0. The number of hydrogen-bond acceptors (Lipinski definition) is 6. The van der Waals surface area contributed by atoms with Crippen LogP contribution in [0, 0.1) is 0 Å². The van der Waals surface area contributed by atoms with Gasteiger partial charge in [0.1, 0.15) is 0 Å². The lowest BCUT2D eigenvalue weighted by Crippen LogP contribution is -2.10. The Morgan fingerprint density at radius 3 is 1.71 bits per heavy atom. The van der Waals surface area contributed by atoms with Gasteiger partial charge in [-0.3, -0.25) is 0 Å². The Morgan fingerprint density at radius 2 is 0.955 bits per heavy atom. The van der Waals surface area contributed by atoms with Crippen LogP contribution in [0.5, 0.6) is 0 Å². The highest BCUT2D eigenvalue weighted by atomic mass is 32.1. The van der Waals surface area contributed by atoms with Crippen LogP contribution in [0.2, 0.25) is 0 Å². The molecule has 0 radical (unpaired) electrons. The Hall–Kier alpha value is -5.96. The molecule has 0 saturated carbocycles. The molecule has 0 unspecified atom stereocenters. The van der Waals surface area contributed by atoms with Gasteiger partial charge in [0.15, 0.2) is 0 Å². The third-order valence-electron chi connectivity index (χ3n) is 13.4. The maximum absolute atomic E-state index is 2.39. The minimum Gasteiger partial charge on any atom is -0.143 e. The van der Waals surface area contributed by atoms with Crippen LogP contribution in [-0.2, 0) is 5.41 Å². The van der Waals surface area contributed by atoms with Gasteiger partial charge >= 0.3 is 0 Å². The highest BCUT2D eigenvalue weighted by molar-refractivity contribution is 7.36. The fraction of sp³-hybridized carbons (Fsp3) is 0.0667. The molecule has 0 aliphatic rings. The fourth-order valence-electron chi connectivity index (χ4n) is 10.1. The first-order chi connectivity index (χ1) is 32.3. The van der Waals surface area contributed by atoms with E-state index in [9.17, 15) is 0 Å². The van der Waals surface area contributed by atoms with Gasteiger partial charge < -0.3 is 0 Å². The summed E-state index contributed by atoms with van der Waals surface area (Å²) in [6, 6.07) is 61.6. The second kappa shape index (κ2) is 14.8. The van der Waals surface area contributed by atoms with Crippen molar-refractivity contribution >= 4 is 171 Å². The van der Waals surface area contributed by atoms with Crippen molar-refractivity contribution in [1.29, 1.82) is 0 Å². The first kappa shape index (κ1) is 39.2. The smallest absolute Gasteiger partial charge is 0.0542 e. The fourth-order valence-corrected chi connectivity index (χ4v) is 16.9. The first-order valence-corrected chi connectivity index (χ1v) is 27.3. The summed E-state index contributed by atoms with van der Waals surface area (Å²) in [6.45, 7) is 6.89. The van der Waals surface area contributed by atoms with Crippen molar-refractivity contribution in [3.05, 3.63) is 180 Å². The Balaban J connectivity index is 0.000000128. The summed E-state index contributed by atoms with van der Waals surface area (Å²) in [5.74, 6) is 0. The highest BCUT2D eigenvalue weighted by Gasteiger charge is 2.19. The van der Waals surface area contributed by atoms with E-state index in [2.05, 4.69) is 195 Å². The average molecular weight is 951 g/mol. The minimum absolute atomic E-state index is 0.137. The number of fused-ring (bicyclic) bond motifs is 11. The van der Waals surface area contributed by atoms with E-state index >= 15 is 0 Å². The number of hydrogen-bond donors (Lipinski definition) is 0. The van der Waals surface area contributed by atoms with Gasteiger partial charge in [-0.2, -0.15) is 0 Å². The molecule has 0 fully saturated rings. The van der Waals surface area contributed by atoms with Crippen LogP contribution in [0.1, 0.15) is 26.3 Å². The molecule has 0 aliphatic carbocycles. The van der Waals surface area contributed by atoms with Crippen molar-refractivity contribution in [2.24, 2.45) is 0 Å². The van der Waals surface area contributed by atoms with Crippen LogP contribution in [0.3, 0.4) is 0 Å². The molecule has 0 atom stereocenters. The van der Waals surface area contributed by atoms with E-state index in [1.165, 1.54) is 140 Å². The minimum atomic E-state index is 0.137. The lowest BCUT2D eigenvalue weighted by Gasteiger charge is -2.21. The van der Waals surface area contributed by atoms with Crippen LogP contribution < -0.4 is 0 Å². The molecule has 314 valence electrons. The molecule has 0 N–H and O–H groups in total. The molecule has 0 bridgehead atoms. The van der Waals surface area contributed by atoms with E-state index in [4.69, 9.17) is 0 Å². The topological polar surface area (TPSA) is 0 Å². The Morgan fingerprint density at radius 1 is 0.348 bits per heavy atom. The van der Waals surface area contributed by atoms with E-state index in [1.807, 2.05) is 68.0 Å². The zero-order chi connectivity index (χ0) is 43.8. The Bertz CT molecular complexity index is 4330. The molecule has 6 aromatic heterocycles. The van der Waals surface area contributed by atoms with Crippen molar-refractivity contribution in [3.8, 4) is 31.3 Å². The van der Waals surface area contributed by atoms with Crippen molar-refractivity contribution in [2.45, 2.75) is 26.2 Å². The molecule has 9 aromatic carbocycles. The van der Waals surface area contributed by atoms with Crippen molar-refractivity contribution in [3.63, 3.8) is 0 Å². The van der Waals surface area contributed by atoms with E-state index in [0.29, 0.717) is 0 Å². The second-order valence-corrected chi connectivity index (χ2v) is 24.5. The van der Waals surface area contributed by atoms with Crippen LogP contribution >= 0.6 is 68.0 Å². The molecule has 0 amide bonds. The second-order valence-electron chi connectivity index (χ2n) is 18.4. The molecule has 0 spiro atoms. The summed E-state index contributed by atoms with van der Waals surface area (Å²) < 4.78 is 9.76. The van der Waals surface area contributed by atoms with Crippen molar-refractivity contribution < 1.29 is 0 Å². The van der Waals surface area contributed by atoms with E-state index in [1.54, 1.807) is 0 Å². The first-order valence-electron chi connectivity index (χ1n) is 22.3. The molecule has 0 aliphatic heterocycles. The molecule has 6 heterocycles. The summed E-state index contributed by atoms with van der Waals surface area (Å²) in [4.78, 5) is 4.02. The lowest BCUT2D eigenvalue weighted by atomic mass is 9.83. The molecule has 15 aromatic rings. The van der Waals surface area contributed by atoms with Gasteiger partial charge in [0, 0.05) is 76.0 Å². The zero-order valence-electron chi connectivity index (χ0n) is 36.2. The van der Waals surface area contributed by atoms with Crippen molar-refractivity contribution in [2.75, 3.05) is 0 Å². The molecule has 0 saturated heterocycles. The predicted octanol–water partition coefficient (Wildman–Crippen LogP) is 21.0. The Labute approximate surface area is 405 Å². The lowest BCUT2D eigenvalue weighted by molar-refractivity contribution is 0.591. The van der Waals surface area contributed by atoms with Gasteiger partial charge in [-0.25, -0.2) is 0 Å².